The van der Waals surface area contributed by atoms with Crippen molar-refractivity contribution >= 4 is 0 Å². The van der Waals surface area contributed by atoms with Gasteiger partial charge in [0.15, 0.2) is 0 Å². The number of aliphatic hydroxyl groups is 1. The number of hydrogen-bond donors (Lipinski definition) is 2. The van der Waals surface area contributed by atoms with E-state index in [-0.39, 0.29) is 23.9 Å². The molecule has 1 aliphatic rings. The van der Waals surface area contributed by atoms with Crippen molar-refractivity contribution in [2.24, 2.45) is 5.41 Å². The van der Waals surface area contributed by atoms with Crippen LogP contribution in [-0.2, 0) is 0 Å². The summed E-state index contributed by atoms with van der Waals surface area (Å²) in [6, 6.07) is 5.08. The van der Waals surface area contributed by atoms with Crippen molar-refractivity contribution in [1.29, 1.82) is 0 Å². The topological polar surface area (TPSA) is 35.5 Å². The highest BCUT2D eigenvalue weighted by Crippen LogP contribution is 2.39. The van der Waals surface area contributed by atoms with Crippen LogP contribution >= 0.6 is 0 Å². The van der Waals surface area contributed by atoms with Gasteiger partial charge in [-0.2, -0.15) is 0 Å². The average Bonchev–Trinajstić information content (AvgIpc) is 2.43. The summed E-state index contributed by atoms with van der Waals surface area (Å²) in [5, 5.41) is 13.1. The van der Waals surface area contributed by atoms with Crippen LogP contribution in [0.15, 0.2) is 18.2 Å². The van der Waals surface area contributed by atoms with Crippen LogP contribution in [0.1, 0.15) is 31.0 Å². The van der Waals surface area contributed by atoms with Gasteiger partial charge in [0, 0.05) is 44.2 Å². The zero-order valence-corrected chi connectivity index (χ0v) is 12.6. The summed E-state index contributed by atoms with van der Waals surface area (Å²) >= 11 is 0. The van der Waals surface area contributed by atoms with E-state index in [1.165, 1.54) is 6.07 Å². The van der Waals surface area contributed by atoms with Gasteiger partial charge in [-0.25, -0.2) is 4.39 Å². The van der Waals surface area contributed by atoms with Crippen molar-refractivity contribution in [3.05, 3.63) is 35.1 Å². The Hall–Kier alpha value is -0.970. The van der Waals surface area contributed by atoms with Crippen LogP contribution in [0.4, 0.5) is 4.39 Å². The molecule has 3 nitrogen and oxygen atoms in total. The molecular formula is C16H25FN2O. The molecule has 1 aromatic carbocycles. The fourth-order valence-corrected chi connectivity index (χ4v) is 3.08. The third-order valence-electron chi connectivity index (χ3n) is 4.19. The smallest absolute Gasteiger partial charge is 0.123 e. The van der Waals surface area contributed by atoms with Gasteiger partial charge >= 0.3 is 0 Å². The Morgan fingerprint density at radius 1 is 1.35 bits per heavy atom. The molecule has 112 valence electrons. The molecule has 0 saturated carbocycles. The van der Waals surface area contributed by atoms with E-state index in [4.69, 9.17) is 0 Å². The predicted octanol–water partition coefficient (Wildman–Crippen LogP) is 2.10. The minimum absolute atomic E-state index is 0.107. The second-order valence-electron chi connectivity index (χ2n) is 6.34. The summed E-state index contributed by atoms with van der Waals surface area (Å²) < 4.78 is 13.4. The molecule has 1 atom stereocenters. The number of rotatable bonds is 4. The third-order valence-corrected chi connectivity index (χ3v) is 4.19. The maximum Gasteiger partial charge on any atom is 0.123 e. The van der Waals surface area contributed by atoms with Crippen LogP contribution in [0.25, 0.3) is 0 Å². The van der Waals surface area contributed by atoms with Crippen LogP contribution in [0, 0.1) is 18.2 Å². The van der Waals surface area contributed by atoms with Crippen molar-refractivity contribution < 1.29 is 9.50 Å². The van der Waals surface area contributed by atoms with Gasteiger partial charge in [0.05, 0.1) is 0 Å². The Morgan fingerprint density at radius 3 is 2.55 bits per heavy atom. The molecule has 1 fully saturated rings. The fourth-order valence-electron chi connectivity index (χ4n) is 3.08. The van der Waals surface area contributed by atoms with Crippen molar-refractivity contribution in [1.82, 2.24) is 10.2 Å². The number of halogens is 1. The molecule has 0 bridgehead atoms. The van der Waals surface area contributed by atoms with E-state index in [0.717, 1.165) is 37.3 Å². The zero-order chi connectivity index (χ0) is 14.8. The Kier molecular flexibility index (Phi) is 4.78. The first kappa shape index (κ1) is 15.4. The number of nitrogens with zero attached hydrogens (tertiary/aromatic N) is 1. The number of benzene rings is 1. The summed E-state index contributed by atoms with van der Waals surface area (Å²) in [5.41, 5.74) is 1.81. The summed E-state index contributed by atoms with van der Waals surface area (Å²) in [6.07, 6.45) is 0. The lowest BCUT2D eigenvalue weighted by Gasteiger charge is -2.44. The third kappa shape index (κ3) is 3.19. The first-order valence-corrected chi connectivity index (χ1v) is 7.27. The first-order chi connectivity index (χ1) is 9.45. The molecule has 20 heavy (non-hydrogen) atoms. The van der Waals surface area contributed by atoms with E-state index >= 15 is 0 Å². The van der Waals surface area contributed by atoms with E-state index in [9.17, 15) is 9.50 Å². The highest BCUT2D eigenvalue weighted by molar-refractivity contribution is 5.31. The molecule has 0 aromatic heterocycles. The van der Waals surface area contributed by atoms with E-state index < -0.39 is 0 Å². The number of piperazine rings is 1. The molecule has 1 heterocycles. The lowest BCUT2D eigenvalue weighted by atomic mass is 9.78. The van der Waals surface area contributed by atoms with Crippen LogP contribution < -0.4 is 5.32 Å². The van der Waals surface area contributed by atoms with Crippen LogP contribution in [0.5, 0.6) is 0 Å². The fraction of sp³-hybridized carbons (Fsp3) is 0.625. The molecule has 2 N–H and O–H groups in total. The van der Waals surface area contributed by atoms with Gasteiger partial charge in [-0.05, 0) is 30.2 Å². The molecule has 1 aromatic rings. The number of aliphatic hydroxyl groups excluding tert-OH is 1. The Labute approximate surface area is 120 Å². The van der Waals surface area contributed by atoms with Crippen LogP contribution in [-0.4, -0.2) is 42.8 Å². The Balaban J connectivity index is 2.39. The molecule has 1 aliphatic heterocycles. The van der Waals surface area contributed by atoms with Gasteiger partial charge in [-0.3, -0.25) is 4.90 Å². The number of hydrogen-bond acceptors (Lipinski definition) is 3. The Bertz CT molecular complexity index is 456. The number of nitrogens with one attached hydrogen (secondary N) is 1. The van der Waals surface area contributed by atoms with Crippen molar-refractivity contribution in [3.63, 3.8) is 0 Å². The highest BCUT2D eigenvalue weighted by Gasteiger charge is 2.36. The second kappa shape index (κ2) is 6.20. The standard InChI is InChI=1S/C16H25FN2O/c1-12-10-13(17)4-5-14(12)15(16(2,3)11-20)19-8-6-18-7-9-19/h4-5,10,15,18,20H,6-9,11H2,1-3H3/t15-/m0/s1. The minimum Gasteiger partial charge on any atom is -0.396 e. The van der Waals surface area contributed by atoms with Crippen molar-refractivity contribution in [2.75, 3.05) is 32.8 Å². The monoisotopic (exact) mass is 280 g/mol. The molecular weight excluding hydrogens is 255 g/mol. The summed E-state index contributed by atoms with van der Waals surface area (Å²) in [6.45, 7) is 10.0. The molecule has 0 spiro atoms. The minimum atomic E-state index is -0.264. The summed E-state index contributed by atoms with van der Waals surface area (Å²) in [7, 11) is 0. The van der Waals surface area contributed by atoms with Gasteiger partial charge in [0.1, 0.15) is 5.82 Å². The molecule has 1 saturated heterocycles. The van der Waals surface area contributed by atoms with Crippen molar-refractivity contribution in [2.45, 2.75) is 26.8 Å². The molecule has 0 unspecified atom stereocenters. The van der Waals surface area contributed by atoms with Gasteiger partial charge in [0.2, 0.25) is 0 Å². The normalized spacial score (nSPS) is 19.1. The molecule has 4 heteroatoms. The molecule has 0 radical (unpaired) electrons. The highest BCUT2D eigenvalue weighted by atomic mass is 19.1. The maximum absolute atomic E-state index is 13.4. The Morgan fingerprint density at radius 2 is 2.00 bits per heavy atom. The van der Waals surface area contributed by atoms with Gasteiger partial charge in [-0.15, -0.1) is 0 Å². The first-order valence-electron chi connectivity index (χ1n) is 7.27. The SMILES string of the molecule is Cc1cc(F)ccc1[C@H](N1CCNCC1)C(C)(C)CO. The second-order valence-corrected chi connectivity index (χ2v) is 6.34. The quantitative estimate of drug-likeness (QED) is 0.886. The maximum atomic E-state index is 13.4. The van der Waals surface area contributed by atoms with Gasteiger partial charge in [-0.1, -0.05) is 19.9 Å². The lowest BCUT2D eigenvalue weighted by Crippen LogP contribution is -2.49. The summed E-state index contributed by atoms with van der Waals surface area (Å²) in [4.78, 5) is 2.40. The summed E-state index contributed by atoms with van der Waals surface area (Å²) in [5.74, 6) is -0.202. The largest absolute Gasteiger partial charge is 0.396 e. The van der Waals surface area contributed by atoms with E-state index in [1.54, 1.807) is 6.07 Å². The van der Waals surface area contributed by atoms with Crippen LogP contribution in [0.3, 0.4) is 0 Å². The zero-order valence-electron chi connectivity index (χ0n) is 12.6. The van der Waals surface area contributed by atoms with Crippen LogP contribution in [0.2, 0.25) is 0 Å². The molecule has 0 amide bonds. The van der Waals surface area contributed by atoms with Gasteiger partial charge < -0.3 is 10.4 Å². The average molecular weight is 280 g/mol. The van der Waals surface area contributed by atoms with E-state index in [0.29, 0.717) is 0 Å². The molecule has 2 rings (SSSR count). The van der Waals surface area contributed by atoms with Gasteiger partial charge in [0.25, 0.3) is 0 Å². The lowest BCUT2D eigenvalue weighted by molar-refractivity contribution is 0.0301. The van der Waals surface area contributed by atoms with Crippen molar-refractivity contribution in [3.8, 4) is 0 Å². The van der Waals surface area contributed by atoms with E-state index in [1.807, 2.05) is 13.0 Å². The number of aryl methyl sites for hydroxylation is 1. The predicted molar refractivity (Wildman–Crippen MR) is 79.2 cm³/mol. The van der Waals surface area contributed by atoms with E-state index in [2.05, 4.69) is 24.1 Å². The molecule has 0 aliphatic carbocycles.